The molecule has 0 unspecified atom stereocenters. The molecule has 204 valence electrons. The highest BCUT2D eigenvalue weighted by Gasteiger charge is 2.38. The summed E-state index contributed by atoms with van der Waals surface area (Å²) in [5.74, 6) is -0.830. The minimum atomic E-state index is -3.63. The minimum Gasteiger partial charge on any atom is -0.392 e. The number of likely N-dealkylation sites (tertiary alicyclic amines) is 1. The summed E-state index contributed by atoms with van der Waals surface area (Å²) in [7, 11) is -3.63. The van der Waals surface area contributed by atoms with Crippen LogP contribution in [0.5, 0.6) is 0 Å². The van der Waals surface area contributed by atoms with E-state index in [2.05, 4.69) is 9.62 Å². The van der Waals surface area contributed by atoms with E-state index in [9.17, 15) is 22.7 Å². The number of sulfonamides is 1. The lowest BCUT2D eigenvalue weighted by atomic mass is 9.80. The zero-order valence-corrected chi connectivity index (χ0v) is 23.5. The lowest BCUT2D eigenvalue weighted by Crippen LogP contribution is -2.50. The summed E-state index contributed by atoms with van der Waals surface area (Å²) in [6.07, 6.45) is 3.58. The van der Waals surface area contributed by atoms with E-state index in [4.69, 9.17) is 0 Å². The molecule has 0 bridgehead atoms. The molecule has 1 aliphatic rings. The number of amides is 1. The van der Waals surface area contributed by atoms with E-state index in [1.165, 1.54) is 17.7 Å². The molecule has 0 saturated carbocycles. The number of nitrogens with one attached hydrogen (secondary N) is 1. The van der Waals surface area contributed by atoms with E-state index >= 15 is 0 Å². The van der Waals surface area contributed by atoms with Crippen LogP contribution in [0.3, 0.4) is 0 Å². The van der Waals surface area contributed by atoms with Gasteiger partial charge in [0.2, 0.25) is 15.9 Å². The van der Waals surface area contributed by atoms with Crippen molar-refractivity contribution < 1.29 is 22.7 Å². The van der Waals surface area contributed by atoms with Crippen LogP contribution >= 0.6 is 0 Å². The highest BCUT2D eigenvalue weighted by atomic mass is 32.2. The van der Waals surface area contributed by atoms with Crippen LogP contribution in [0.1, 0.15) is 70.1 Å². The summed E-state index contributed by atoms with van der Waals surface area (Å²) >= 11 is 0. The highest BCUT2D eigenvalue weighted by Crippen LogP contribution is 2.36. The Morgan fingerprint density at radius 2 is 1.65 bits per heavy atom. The summed E-state index contributed by atoms with van der Waals surface area (Å²) < 4.78 is 39.4. The first-order chi connectivity index (χ1) is 17.6. The van der Waals surface area contributed by atoms with Crippen molar-refractivity contribution in [3.05, 3.63) is 76.6 Å². The molecule has 0 radical (unpaired) electrons. The number of aliphatic hydroxyl groups is 1. The second kappa shape index (κ2) is 13.8. The first-order valence-corrected chi connectivity index (χ1v) is 14.9. The Bertz CT molecular complexity index is 1170. The minimum absolute atomic E-state index is 0.256. The fraction of sp³-hybridized carbons (Fsp3) is 0.483. The molecule has 0 atom stereocenters. The topological polar surface area (TPSA) is 86.7 Å². The van der Waals surface area contributed by atoms with Crippen LogP contribution in [0.25, 0.3) is 5.57 Å². The lowest BCUT2D eigenvalue weighted by Gasteiger charge is -2.38. The monoisotopic (exact) mass is 532 g/mol. The maximum Gasteiger partial charge on any atom is 0.240 e. The van der Waals surface area contributed by atoms with Crippen molar-refractivity contribution in [3.63, 3.8) is 0 Å². The molecule has 0 aliphatic carbocycles. The Balaban J connectivity index is 0.00000235. The normalized spacial score (nSPS) is 14.5. The van der Waals surface area contributed by atoms with Gasteiger partial charge < -0.3 is 10.0 Å². The summed E-state index contributed by atoms with van der Waals surface area (Å²) in [4.78, 5) is 15.1. The van der Waals surface area contributed by atoms with Gasteiger partial charge in [-0.25, -0.2) is 12.8 Å². The van der Waals surface area contributed by atoms with Gasteiger partial charge >= 0.3 is 0 Å². The summed E-state index contributed by atoms with van der Waals surface area (Å²) in [5, 5.41) is 9.92. The predicted octanol–water partition coefficient (Wildman–Crippen LogP) is 5.12. The molecule has 2 N–H and O–H groups in total. The largest absolute Gasteiger partial charge is 0.392 e. The molecular weight excluding hydrogens is 491 g/mol. The number of carbonyl (C=O) groups excluding carboxylic acids is 1. The Kier molecular flexibility index (Phi) is 11.5. The van der Waals surface area contributed by atoms with Gasteiger partial charge in [0, 0.05) is 19.6 Å². The molecule has 37 heavy (non-hydrogen) atoms. The van der Waals surface area contributed by atoms with Gasteiger partial charge in [-0.3, -0.25) is 9.52 Å². The number of hydrogen-bond acceptors (Lipinski definition) is 5. The van der Waals surface area contributed by atoms with Gasteiger partial charge in [0.05, 0.1) is 18.3 Å². The summed E-state index contributed by atoms with van der Waals surface area (Å²) in [6.45, 7) is 9.49. The molecule has 1 fully saturated rings. The molecule has 3 rings (SSSR count). The Morgan fingerprint density at radius 1 is 1.05 bits per heavy atom. The Labute approximate surface area is 221 Å². The molecule has 1 aliphatic heterocycles. The van der Waals surface area contributed by atoms with Crippen molar-refractivity contribution in [3.8, 4) is 0 Å². The molecule has 2 aromatic rings. The Hall–Kier alpha value is -2.55. The van der Waals surface area contributed by atoms with E-state index in [1.807, 2.05) is 58.0 Å². The quantitative estimate of drug-likeness (QED) is 0.468. The Morgan fingerprint density at radius 3 is 2.16 bits per heavy atom. The second-order valence-corrected chi connectivity index (χ2v) is 11.0. The van der Waals surface area contributed by atoms with E-state index < -0.39 is 21.3 Å². The smallest absolute Gasteiger partial charge is 0.240 e. The van der Waals surface area contributed by atoms with Crippen LogP contribution in [0.2, 0.25) is 0 Å². The number of hydrogen-bond donors (Lipinski definition) is 2. The maximum atomic E-state index is 13.9. The average Bonchev–Trinajstić information content (AvgIpc) is 2.90. The molecule has 1 heterocycles. The first-order valence-electron chi connectivity index (χ1n) is 13.0. The van der Waals surface area contributed by atoms with Crippen LogP contribution in [0, 0.1) is 11.2 Å². The summed E-state index contributed by atoms with van der Waals surface area (Å²) in [5.41, 5.74) is 3.84. The van der Waals surface area contributed by atoms with Crippen molar-refractivity contribution in [2.24, 2.45) is 5.41 Å². The van der Waals surface area contributed by atoms with Crippen molar-refractivity contribution in [1.29, 1.82) is 0 Å². The number of nitrogens with zero attached hydrogens (tertiary/aromatic N) is 1. The zero-order chi connectivity index (χ0) is 27.6. The van der Waals surface area contributed by atoms with Gasteiger partial charge in [-0.05, 0) is 60.1 Å². The fourth-order valence-corrected chi connectivity index (χ4v) is 5.45. The van der Waals surface area contributed by atoms with Crippen molar-refractivity contribution in [2.75, 3.05) is 25.9 Å². The van der Waals surface area contributed by atoms with Gasteiger partial charge in [-0.2, -0.15) is 0 Å². The van der Waals surface area contributed by atoms with Gasteiger partial charge in [-0.1, -0.05) is 69.7 Å². The van der Waals surface area contributed by atoms with Gasteiger partial charge in [0.25, 0.3) is 0 Å². The van der Waals surface area contributed by atoms with Gasteiger partial charge in [-0.15, -0.1) is 0 Å². The number of halogens is 1. The van der Waals surface area contributed by atoms with Crippen LogP contribution in [0.4, 0.5) is 4.39 Å². The van der Waals surface area contributed by atoms with Gasteiger partial charge in [0.1, 0.15) is 5.82 Å². The highest BCUT2D eigenvalue weighted by molar-refractivity contribution is 7.89. The van der Waals surface area contributed by atoms with E-state index in [-0.39, 0.29) is 12.4 Å². The number of benzene rings is 2. The average molecular weight is 533 g/mol. The lowest BCUT2D eigenvalue weighted by molar-refractivity contribution is -0.131. The number of piperidine rings is 1. The SMILES string of the molecule is CC.CCC(CC)(CN1CCC(=C(c2ccccc2)c2ccc(F)cc2CO)CC1)C(=O)NS(C)(=O)=O. The summed E-state index contributed by atoms with van der Waals surface area (Å²) in [6, 6.07) is 14.5. The molecule has 1 saturated heterocycles. The molecule has 1 amide bonds. The third-order valence-electron chi connectivity index (χ3n) is 7.02. The molecule has 2 aromatic carbocycles. The number of rotatable bonds is 9. The fourth-order valence-electron chi connectivity index (χ4n) is 4.89. The van der Waals surface area contributed by atoms with E-state index in [1.54, 1.807) is 6.07 Å². The molecule has 8 heteroatoms. The van der Waals surface area contributed by atoms with Crippen LogP contribution in [0.15, 0.2) is 54.1 Å². The van der Waals surface area contributed by atoms with Crippen molar-refractivity contribution in [1.82, 2.24) is 9.62 Å². The van der Waals surface area contributed by atoms with Crippen LogP contribution in [-0.4, -0.2) is 50.2 Å². The van der Waals surface area contributed by atoms with Crippen molar-refractivity contribution in [2.45, 2.75) is 60.0 Å². The zero-order valence-electron chi connectivity index (χ0n) is 22.7. The predicted molar refractivity (Wildman–Crippen MR) is 148 cm³/mol. The first kappa shape index (κ1) is 30.7. The van der Waals surface area contributed by atoms with Crippen LogP contribution < -0.4 is 4.72 Å². The second-order valence-electron chi connectivity index (χ2n) is 9.27. The molecule has 6 nitrogen and oxygen atoms in total. The molecular formula is C29H41FN2O4S. The standard InChI is InChI=1S/C27H35FN2O4S.C2H6/c1-4-27(5-2,26(32)29-35(3,33)34)19-30-15-13-21(14-16-30)25(20-9-7-6-8-10-20)24-12-11-23(28)17-22(24)18-31;1-2/h6-12,17,31H,4-5,13-16,18-19H2,1-3H3,(H,29,32);1-2H3. The third-order valence-corrected chi connectivity index (χ3v) is 7.58. The van der Waals surface area contributed by atoms with Crippen LogP contribution in [-0.2, 0) is 21.4 Å². The third kappa shape index (κ3) is 7.97. The molecule has 0 spiro atoms. The molecule has 0 aromatic heterocycles. The maximum absolute atomic E-state index is 13.9. The van der Waals surface area contributed by atoms with Crippen molar-refractivity contribution >= 4 is 21.5 Å². The van der Waals surface area contributed by atoms with E-state index in [0.717, 1.165) is 48.9 Å². The number of carbonyl (C=O) groups is 1. The van der Waals surface area contributed by atoms with Gasteiger partial charge in [0.15, 0.2) is 0 Å². The van der Waals surface area contributed by atoms with E-state index in [0.29, 0.717) is 24.9 Å². The number of aliphatic hydroxyl groups excluding tert-OH is 1.